The van der Waals surface area contributed by atoms with Gasteiger partial charge >= 0.3 is 0 Å². The third kappa shape index (κ3) is 2.87. The van der Waals surface area contributed by atoms with Crippen molar-refractivity contribution < 1.29 is 19.1 Å². The van der Waals surface area contributed by atoms with E-state index >= 15 is 0 Å². The average molecular weight is 302 g/mol. The van der Waals surface area contributed by atoms with Gasteiger partial charge in [-0.3, -0.25) is 19.3 Å². The monoisotopic (exact) mass is 302 g/mol. The van der Waals surface area contributed by atoms with Crippen LogP contribution >= 0.6 is 0 Å². The number of amides is 3. The number of rotatable bonds is 5. The summed E-state index contributed by atoms with van der Waals surface area (Å²) in [7, 11) is 0. The zero-order valence-corrected chi connectivity index (χ0v) is 12.2. The minimum atomic E-state index is -0.326. The molecule has 6 nitrogen and oxygen atoms in total. The van der Waals surface area contributed by atoms with Gasteiger partial charge in [0.1, 0.15) is 0 Å². The molecule has 0 spiro atoms. The number of ether oxygens (including phenoxy) is 1. The van der Waals surface area contributed by atoms with Crippen LogP contribution in [0.1, 0.15) is 40.0 Å². The number of hydrogen-bond donors (Lipinski definition) is 1. The highest BCUT2D eigenvalue weighted by molar-refractivity contribution is 6.21. The van der Waals surface area contributed by atoms with E-state index in [9.17, 15) is 14.4 Å². The van der Waals surface area contributed by atoms with Crippen LogP contribution in [0.4, 0.5) is 0 Å². The topological polar surface area (TPSA) is 75.7 Å². The van der Waals surface area contributed by atoms with Gasteiger partial charge < -0.3 is 10.1 Å². The molecule has 1 aromatic carbocycles. The van der Waals surface area contributed by atoms with Crippen molar-refractivity contribution in [1.29, 1.82) is 0 Å². The maximum atomic E-state index is 12.1. The van der Waals surface area contributed by atoms with E-state index in [1.807, 2.05) is 0 Å². The van der Waals surface area contributed by atoms with Crippen LogP contribution in [0.2, 0.25) is 0 Å². The Kier molecular flexibility index (Phi) is 4.20. The molecule has 1 aromatic rings. The van der Waals surface area contributed by atoms with Crippen LogP contribution in [-0.4, -0.2) is 48.4 Å². The highest BCUT2D eigenvalue weighted by Crippen LogP contribution is 2.22. The molecular weight excluding hydrogens is 284 g/mol. The highest BCUT2D eigenvalue weighted by Gasteiger charge is 2.34. The first-order chi connectivity index (χ1) is 10.7. The molecule has 0 saturated carbocycles. The fourth-order valence-electron chi connectivity index (χ4n) is 2.78. The normalized spacial score (nSPS) is 20.4. The molecule has 6 heteroatoms. The van der Waals surface area contributed by atoms with Gasteiger partial charge in [0, 0.05) is 26.1 Å². The van der Waals surface area contributed by atoms with Crippen molar-refractivity contribution in [2.45, 2.75) is 25.4 Å². The first kappa shape index (κ1) is 14.7. The molecule has 2 heterocycles. The zero-order chi connectivity index (χ0) is 15.5. The Bertz CT molecular complexity index is 573. The lowest BCUT2D eigenvalue weighted by Gasteiger charge is -2.14. The smallest absolute Gasteiger partial charge is 0.261 e. The van der Waals surface area contributed by atoms with Gasteiger partial charge in [-0.2, -0.15) is 0 Å². The van der Waals surface area contributed by atoms with Crippen LogP contribution in [0.5, 0.6) is 0 Å². The summed E-state index contributed by atoms with van der Waals surface area (Å²) in [6.45, 7) is 1.33. The lowest BCUT2D eigenvalue weighted by atomic mass is 10.1. The van der Waals surface area contributed by atoms with Gasteiger partial charge in [-0.1, -0.05) is 12.1 Å². The van der Waals surface area contributed by atoms with Gasteiger partial charge in [-0.15, -0.1) is 0 Å². The molecule has 1 fully saturated rings. The summed E-state index contributed by atoms with van der Waals surface area (Å²) in [4.78, 5) is 37.2. The zero-order valence-electron chi connectivity index (χ0n) is 12.2. The number of nitrogens with zero attached hydrogens (tertiary/aromatic N) is 1. The molecule has 3 rings (SSSR count). The molecule has 1 saturated heterocycles. The van der Waals surface area contributed by atoms with E-state index in [4.69, 9.17) is 4.74 Å². The number of imide groups is 1. The Hall–Kier alpha value is -2.21. The van der Waals surface area contributed by atoms with Crippen molar-refractivity contribution in [2.24, 2.45) is 0 Å². The summed E-state index contributed by atoms with van der Waals surface area (Å²) >= 11 is 0. The number of fused-ring (bicyclic) bond motifs is 1. The molecule has 1 atom stereocenters. The second-order valence-electron chi connectivity index (χ2n) is 5.50. The molecule has 0 radical (unpaired) electrons. The minimum Gasteiger partial charge on any atom is -0.376 e. The predicted molar refractivity (Wildman–Crippen MR) is 78.4 cm³/mol. The van der Waals surface area contributed by atoms with E-state index in [1.165, 1.54) is 0 Å². The van der Waals surface area contributed by atoms with Gasteiger partial charge in [-0.25, -0.2) is 0 Å². The Morgan fingerprint density at radius 3 is 2.50 bits per heavy atom. The van der Waals surface area contributed by atoms with Gasteiger partial charge in [0.05, 0.1) is 17.2 Å². The van der Waals surface area contributed by atoms with Crippen molar-refractivity contribution in [1.82, 2.24) is 10.2 Å². The van der Waals surface area contributed by atoms with Crippen LogP contribution < -0.4 is 5.32 Å². The Balaban J connectivity index is 1.50. The SMILES string of the molecule is O=C(CCN1C(=O)c2ccccc2C1=O)NCC1CCCO1. The second-order valence-corrected chi connectivity index (χ2v) is 5.50. The fraction of sp³-hybridized carbons (Fsp3) is 0.438. The molecule has 22 heavy (non-hydrogen) atoms. The molecule has 3 amide bonds. The molecular formula is C16H18N2O4. The van der Waals surface area contributed by atoms with Crippen LogP contribution in [0.15, 0.2) is 24.3 Å². The van der Waals surface area contributed by atoms with E-state index in [0.717, 1.165) is 24.3 Å². The standard InChI is InChI=1S/C16H18N2O4/c19-14(17-10-11-4-3-9-22-11)7-8-18-15(20)12-5-1-2-6-13(12)16(18)21/h1-2,5-6,11H,3-4,7-10H2,(H,17,19). The Labute approximate surface area is 128 Å². The summed E-state index contributed by atoms with van der Waals surface area (Å²) in [6, 6.07) is 6.71. The van der Waals surface area contributed by atoms with E-state index in [2.05, 4.69) is 5.32 Å². The third-order valence-electron chi connectivity index (χ3n) is 3.99. The molecule has 1 unspecified atom stereocenters. The van der Waals surface area contributed by atoms with Crippen molar-refractivity contribution in [2.75, 3.05) is 19.7 Å². The lowest BCUT2D eigenvalue weighted by molar-refractivity contribution is -0.121. The van der Waals surface area contributed by atoms with Crippen LogP contribution in [0, 0.1) is 0 Å². The van der Waals surface area contributed by atoms with E-state index in [-0.39, 0.29) is 36.8 Å². The van der Waals surface area contributed by atoms with E-state index in [1.54, 1.807) is 24.3 Å². The lowest BCUT2D eigenvalue weighted by Crippen LogP contribution is -2.36. The van der Waals surface area contributed by atoms with E-state index < -0.39 is 0 Å². The van der Waals surface area contributed by atoms with Gasteiger partial charge in [0.15, 0.2) is 0 Å². The fourth-order valence-corrected chi connectivity index (χ4v) is 2.78. The average Bonchev–Trinajstić information content (AvgIpc) is 3.13. The minimum absolute atomic E-state index is 0.0863. The molecule has 2 aliphatic heterocycles. The molecule has 116 valence electrons. The van der Waals surface area contributed by atoms with Gasteiger partial charge in [-0.05, 0) is 25.0 Å². The van der Waals surface area contributed by atoms with Crippen molar-refractivity contribution in [3.05, 3.63) is 35.4 Å². The summed E-state index contributed by atoms with van der Waals surface area (Å²) in [5.74, 6) is -0.827. The summed E-state index contributed by atoms with van der Waals surface area (Å²) in [5.41, 5.74) is 0.819. The number of benzene rings is 1. The quantitative estimate of drug-likeness (QED) is 0.822. The van der Waals surface area contributed by atoms with E-state index in [0.29, 0.717) is 17.7 Å². The molecule has 0 aliphatic carbocycles. The third-order valence-corrected chi connectivity index (χ3v) is 3.99. The summed E-state index contributed by atoms with van der Waals surface area (Å²) < 4.78 is 5.42. The van der Waals surface area contributed by atoms with Crippen LogP contribution in [0.3, 0.4) is 0 Å². The molecule has 1 N–H and O–H groups in total. The van der Waals surface area contributed by atoms with Crippen molar-refractivity contribution in [3.63, 3.8) is 0 Å². The number of carbonyl (C=O) groups is 3. The van der Waals surface area contributed by atoms with Crippen LogP contribution in [-0.2, 0) is 9.53 Å². The van der Waals surface area contributed by atoms with Crippen LogP contribution in [0.25, 0.3) is 0 Å². The predicted octanol–water partition coefficient (Wildman–Crippen LogP) is 0.968. The van der Waals surface area contributed by atoms with Gasteiger partial charge in [0.25, 0.3) is 11.8 Å². The van der Waals surface area contributed by atoms with Gasteiger partial charge in [0.2, 0.25) is 5.91 Å². The number of hydrogen-bond acceptors (Lipinski definition) is 4. The molecule has 0 aromatic heterocycles. The van der Waals surface area contributed by atoms with Crippen molar-refractivity contribution in [3.8, 4) is 0 Å². The largest absolute Gasteiger partial charge is 0.376 e. The molecule has 0 bridgehead atoms. The summed E-state index contributed by atoms with van der Waals surface area (Å²) in [5, 5.41) is 2.79. The Morgan fingerprint density at radius 1 is 1.23 bits per heavy atom. The summed E-state index contributed by atoms with van der Waals surface area (Å²) in [6.07, 6.45) is 2.18. The maximum absolute atomic E-state index is 12.1. The number of carbonyl (C=O) groups excluding carboxylic acids is 3. The Morgan fingerprint density at radius 2 is 1.91 bits per heavy atom. The maximum Gasteiger partial charge on any atom is 0.261 e. The first-order valence-electron chi connectivity index (χ1n) is 7.50. The second kappa shape index (κ2) is 6.27. The number of nitrogens with one attached hydrogen (secondary N) is 1. The highest BCUT2D eigenvalue weighted by atomic mass is 16.5. The van der Waals surface area contributed by atoms with Crippen molar-refractivity contribution >= 4 is 17.7 Å². The molecule has 2 aliphatic rings. The first-order valence-corrected chi connectivity index (χ1v) is 7.50.